The van der Waals surface area contributed by atoms with Gasteiger partial charge in [0.15, 0.2) is 5.69 Å². The van der Waals surface area contributed by atoms with Gasteiger partial charge < -0.3 is 9.80 Å². The highest BCUT2D eigenvalue weighted by Crippen LogP contribution is 2.34. The summed E-state index contributed by atoms with van der Waals surface area (Å²) in [6, 6.07) is 1.09. The number of halogens is 2. The van der Waals surface area contributed by atoms with E-state index in [-0.39, 0.29) is 24.1 Å². The molecule has 1 atom stereocenters. The molecule has 10 heteroatoms. The number of thiophene rings is 1. The second kappa shape index (κ2) is 7.23. The smallest absolute Gasteiger partial charge is 0.276 e. The van der Waals surface area contributed by atoms with E-state index in [0.29, 0.717) is 18.0 Å². The largest absolute Gasteiger partial charge is 0.337 e. The van der Waals surface area contributed by atoms with Crippen LogP contribution in [0.4, 0.5) is 8.78 Å². The van der Waals surface area contributed by atoms with E-state index < -0.39 is 24.9 Å². The average Bonchev–Trinajstić information content (AvgIpc) is 3.41. The molecule has 0 radical (unpaired) electrons. The fourth-order valence-electron chi connectivity index (χ4n) is 3.80. The maximum atomic E-state index is 14.1. The Balaban J connectivity index is 1.50. The van der Waals surface area contributed by atoms with Crippen molar-refractivity contribution in [3.8, 4) is 0 Å². The summed E-state index contributed by atoms with van der Waals surface area (Å²) in [6.45, 7) is 2.65. The number of alkyl halides is 2. The normalized spacial score (nSPS) is 21.5. The van der Waals surface area contributed by atoms with Crippen molar-refractivity contribution in [1.29, 1.82) is 0 Å². The van der Waals surface area contributed by atoms with E-state index >= 15 is 0 Å². The van der Waals surface area contributed by atoms with E-state index in [0.717, 1.165) is 18.4 Å². The third-order valence-corrected chi connectivity index (χ3v) is 6.25. The SMILES string of the molecule is Cc1ccsc1C(=O)N1CC(F)(F)CC1Cn1cc(C(=O)N2CCCC2)nn1. The number of likely N-dealkylation sites (tertiary alicyclic amines) is 2. The number of aromatic nitrogens is 3. The molecule has 2 aliphatic rings. The lowest BCUT2D eigenvalue weighted by atomic mass is 10.2. The Kier molecular flexibility index (Phi) is 4.90. The van der Waals surface area contributed by atoms with Crippen molar-refractivity contribution in [3.63, 3.8) is 0 Å². The molecule has 0 spiro atoms. The number of hydrogen-bond donors (Lipinski definition) is 0. The van der Waals surface area contributed by atoms with Gasteiger partial charge in [0.05, 0.1) is 30.2 Å². The molecule has 2 fully saturated rings. The molecule has 2 saturated heterocycles. The topological polar surface area (TPSA) is 71.3 Å². The van der Waals surface area contributed by atoms with Crippen LogP contribution in [0.5, 0.6) is 0 Å². The highest BCUT2D eigenvalue weighted by molar-refractivity contribution is 7.12. The van der Waals surface area contributed by atoms with Crippen LogP contribution in [0, 0.1) is 6.92 Å². The highest BCUT2D eigenvalue weighted by atomic mass is 32.1. The molecule has 0 N–H and O–H groups in total. The van der Waals surface area contributed by atoms with Crippen molar-refractivity contribution < 1.29 is 18.4 Å². The summed E-state index contributed by atoms with van der Waals surface area (Å²) in [5, 5.41) is 9.62. The summed E-state index contributed by atoms with van der Waals surface area (Å²) >= 11 is 1.25. The van der Waals surface area contributed by atoms with Crippen molar-refractivity contribution in [2.75, 3.05) is 19.6 Å². The van der Waals surface area contributed by atoms with Gasteiger partial charge >= 0.3 is 0 Å². The zero-order valence-electron chi connectivity index (χ0n) is 15.5. The Bertz CT molecular complexity index is 890. The highest BCUT2D eigenvalue weighted by Gasteiger charge is 2.47. The van der Waals surface area contributed by atoms with Crippen LogP contribution < -0.4 is 0 Å². The number of aryl methyl sites for hydroxylation is 1. The Labute approximate surface area is 164 Å². The third-order valence-electron chi connectivity index (χ3n) is 5.24. The molecular weight excluding hydrogens is 388 g/mol. The molecule has 150 valence electrons. The van der Waals surface area contributed by atoms with E-state index in [2.05, 4.69) is 10.3 Å². The van der Waals surface area contributed by atoms with Crippen molar-refractivity contribution in [3.05, 3.63) is 33.8 Å². The fourth-order valence-corrected chi connectivity index (χ4v) is 4.68. The summed E-state index contributed by atoms with van der Waals surface area (Å²) in [6.07, 6.45) is 2.99. The van der Waals surface area contributed by atoms with Crippen LogP contribution in [0.2, 0.25) is 0 Å². The maximum Gasteiger partial charge on any atom is 0.276 e. The van der Waals surface area contributed by atoms with Gasteiger partial charge in [-0.3, -0.25) is 9.59 Å². The molecule has 4 heterocycles. The molecular formula is C18H21F2N5O2S. The second-order valence-corrected chi connectivity index (χ2v) is 8.32. The quantitative estimate of drug-likeness (QED) is 0.778. The summed E-state index contributed by atoms with van der Waals surface area (Å²) in [5.41, 5.74) is 0.988. The Morgan fingerprint density at radius 3 is 2.71 bits per heavy atom. The summed E-state index contributed by atoms with van der Waals surface area (Å²) < 4.78 is 29.6. The zero-order chi connectivity index (χ0) is 19.9. The molecule has 0 aliphatic carbocycles. The number of carbonyl (C=O) groups is 2. The van der Waals surface area contributed by atoms with Gasteiger partial charge in [-0.25, -0.2) is 13.5 Å². The van der Waals surface area contributed by atoms with Crippen LogP contribution in [-0.2, 0) is 6.54 Å². The van der Waals surface area contributed by atoms with Crippen molar-refractivity contribution in [1.82, 2.24) is 24.8 Å². The lowest BCUT2D eigenvalue weighted by molar-refractivity contribution is 0.0118. The first-order valence-electron chi connectivity index (χ1n) is 9.26. The minimum absolute atomic E-state index is 0.0754. The third kappa shape index (κ3) is 3.65. The fraction of sp³-hybridized carbons (Fsp3) is 0.556. The van der Waals surface area contributed by atoms with E-state index in [1.165, 1.54) is 27.1 Å². The number of hydrogen-bond acceptors (Lipinski definition) is 5. The van der Waals surface area contributed by atoms with Crippen LogP contribution in [0.1, 0.15) is 45.0 Å². The Morgan fingerprint density at radius 2 is 2.04 bits per heavy atom. The van der Waals surface area contributed by atoms with Crippen molar-refractivity contribution >= 4 is 23.2 Å². The molecule has 2 aromatic rings. The standard InChI is InChI=1S/C18H21F2N5O2S/c1-12-4-7-28-15(12)17(27)25-11-18(19,20)8-13(25)9-24-10-14(21-22-24)16(26)23-5-2-3-6-23/h4,7,10,13H,2-3,5-6,8-9,11H2,1H3. The molecule has 28 heavy (non-hydrogen) atoms. The molecule has 2 aromatic heterocycles. The van der Waals surface area contributed by atoms with Gasteiger partial charge in [-0.1, -0.05) is 5.21 Å². The second-order valence-electron chi connectivity index (χ2n) is 7.40. The van der Waals surface area contributed by atoms with Gasteiger partial charge in [0.25, 0.3) is 17.7 Å². The minimum Gasteiger partial charge on any atom is -0.337 e. The predicted octanol–water partition coefficient (Wildman–Crippen LogP) is 2.43. The Morgan fingerprint density at radius 1 is 1.29 bits per heavy atom. The first-order valence-corrected chi connectivity index (χ1v) is 10.1. The van der Waals surface area contributed by atoms with E-state index in [4.69, 9.17) is 0 Å². The maximum absolute atomic E-state index is 14.1. The summed E-state index contributed by atoms with van der Waals surface area (Å²) in [7, 11) is 0. The van der Waals surface area contributed by atoms with E-state index in [1.807, 2.05) is 0 Å². The van der Waals surface area contributed by atoms with Crippen LogP contribution in [0.3, 0.4) is 0 Å². The molecule has 0 bridgehead atoms. The van der Waals surface area contributed by atoms with Crippen LogP contribution >= 0.6 is 11.3 Å². The lowest BCUT2D eigenvalue weighted by Crippen LogP contribution is -2.38. The minimum atomic E-state index is -2.94. The van der Waals surface area contributed by atoms with Crippen LogP contribution in [-0.4, -0.2) is 68.2 Å². The number of amides is 2. The van der Waals surface area contributed by atoms with Crippen molar-refractivity contribution in [2.24, 2.45) is 0 Å². The number of rotatable bonds is 4. The van der Waals surface area contributed by atoms with E-state index in [9.17, 15) is 18.4 Å². The van der Waals surface area contributed by atoms with Crippen LogP contribution in [0.25, 0.3) is 0 Å². The van der Waals surface area contributed by atoms with Gasteiger partial charge in [-0.05, 0) is 36.8 Å². The van der Waals surface area contributed by atoms with Gasteiger partial charge in [0.1, 0.15) is 0 Å². The number of nitrogens with zero attached hydrogens (tertiary/aromatic N) is 5. The first-order chi connectivity index (χ1) is 13.3. The zero-order valence-corrected chi connectivity index (χ0v) is 16.3. The Hall–Kier alpha value is -2.36. The predicted molar refractivity (Wildman–Crippen MR) is 98.6 cm³/mol. The van der Waals surface area contributed by atoms with Gasteiger partial charge in [-0.15, -0.1) is 16.4 Å². The van der Waals surface area contributed by atoms with Crippen molar-refractivity contribution in [2.45, 2.75) is 44.7 Å². The molecule has 0 aromatic carbocycles. The lowest BCUT2D eigenvalue weighted by Gasteiger charge is -2.23. The number of carbonyl (C=O) groups excluding carboxylic acids is 2. The summed E-state index contributed by atoms with van der Waals surface area (Å²) in [5.74, 6) is -3.52. The molecule has 2 amide bonds. The molecule has 1 unspecified atom stereocenters. The van der Waals surface area contributed by atoms with E-state index in [1.54, 1.807) is 23.3 Å². The molecule has 4 rings (SSSR count). The van der Waals surface area contributed by atoms with Gasteiger partial charge in [0, 0.05) is 19.5 Å². The van der Waals surface area contributed by atoms with Gasteiger partial charge in [-0.2, -0.15) is 0 Å². The summed E-state index contributed by atoms with van der Waals surface area (Å²) in [4.78, 5) is 28.6. The molecule has 7 nitrogen and oxygen atoms in total. The van der Waals surface area contributed by atoms with Crippen LogP contribution in [0.15, 0.2) is 17.6 Å². The van der Waals surface area contributed by atoms with Gasteiger partial charge in [0.2, 0.25) is 0 Å². The first kappa shape index (κ1) is 19.0. The molecule has 2 aliphatic heterocycles. The average molecular weight is 409 g/mol. The molecule has 0 saturated carbocycles. The monoisotopic (exact) mass is 409 g/mol.